The molecule has 0 N–H and O–H groups in total. The van der Waals surface area contributed by atoms with Crippen LogP contribution < -0.4 is 5.43 Å². The third-order valence-electron chi connectivity index (χ3n) is 2.48. The first-order chi connectivity index (χ1) is 8.36. The summed E-state index contributed by atoms with van der Waals surface area (Å²) in [6, 6.07) is 15.8. The SMILES string of the molecule is II.O=c1c2ccccc2[se]c2ccccc12. The minimum atomic E-state index is 0.175. The van der Waals surface area contributed by atoms with Crippen LogP contribution in [0.3, 0.4) is 0 Å². The second-order valence-electron chi connectivity index (χ2n) is 3.42. The summed E-state index contributed by atoms with van der Waals surface area (Å²) in [7, 11) is 0. The molecule has 0 radical (unpaired) electrons. The molecule has 3 rings (SSSR count). The van der Waals surface area contributed by atoms with Crippen molar-refractivity contribution in [3.8, 4) is 0 Å². The summed E-state index contributed by atoms with van der Waals surface area (Å²) in [4.78, 5) is 12.1. The number of hydrogen-bond donors (Lipinski definition) is 0. The standard InChI is InChI=1S/C13H8OSe.I2/c14-13-9-5-1-3-7-11(9)15-12-8-4-2-6-10(12)13;1-2/h1-8H;. The molecule has 0 unspecified atom stereocenters. The second-order valence-corrected chi connectivity index (χ2v) is 5.70. The number of benzene rings is 2. The van der Waals surface area contributed by atoms with Crippen molar-refractivity contribution in [2.45, 2.75) is 0 Å². The van der Waals surface area contributed by atoms with E-state index in [0.717, 1.165) is 10.8 Å². The zero-order valence-electron chi connectivity index (χ0n) is 8.69. The first-order valence-electron chi connectivity index (χ1n) is 4.91. The van der Waals surface area contributed by atoms with E-state index in [2.05, 4.69) is 49.4 Å². The zero-order valence-corrected chi connectivity index (χ0v) is 14.7. The molecular formula is C13H8I2OSe. The first kappa shape index (κ1) is 13.5. The maximum atomic E-state index is 12.1. The Bertz CT molecular complexity index is 649. The maximum absolute atomic E-state index is 12.1. The Morgan fingerprint density at radius 1 is 0.765 bits per heavy atom. The summed E-state index contributed by atoms with van der Waals surface area (Å²) < 4.78 is 2.41. The van der Waals surface area contributed by atoms with Gasteiger partial charge >= 0.3 is 92.6 Å². The molecule has 4 heteroatoms. The molecule has 0 spiro atoms. The Morgan fingerprint density at radius 3 is 1.65 bits per heavy atom. The predicted octanol–water partition coefficient (Wildman–Crippen LogP) is 4.18. The molecule has 0 fully saturated rings. The van der Waals surface area contributed by atoms with Crippen LogP contribution in [0.25, 0.3) is 19.3 Å². The van der Waals surface area contributed by atoms with Crippen molar-refractivity contribution in [2.24, 2.45) is 0 Å². The van der Waals surface area contributed by atoms with Gasteiger partial charge in [-0.05, 0) is 0 Å². The average Bonchev–Trinajstić information content (AvgIpc) is 2.41. The fourth-order valence-corrected chi connectivity index (χ4v) is 4.00. The molecule has 0 amide bonds. The van der Waals surface area contributed by atoms with E-state index in [9.17, 15) is 4.79 Å². The van der Waals surface area contributed by atoms with Gasteiger partial charge in [-0.3, -0.25) is 0 Å². The van der Waals surface area contributed by atoms with Gasteiger partial charge in [0.05, 0.1) is 0 Å². The molecule has 3 aromatic rings. The van der Waals surface area contributed by atoms with Gasteiger partial charge in [0, 0.05) is 37.2 Å². The van der Waals surface area contributed by atoms with E-state index >= 15 is 0 Å². The molecule has 17 heavy (non-hydrogen) atoms. The van der Waals surface area contributed by atoms with Crippen LogP contribution in [0.5, 0.6) is 0 Å². The van der Waals surface area contributed by atoms with Crippen LogP contribution in [0.2, 0.25) is 0 Å². The number of rotatable bonds is 0. The van der Waals surface area contributed by atoms with Crippen molar-refractivity contribution in [3.63, 3.8) is 0 Å². The normalized spacial score (nSPS) is 10.0. The van der Waals surface area contributed by atoms with E-state index in [1.54, 1.807) is 0 Å². The zero-order chi connectivity index (χ0) is 12.3. The van der Waals surface area contributed by atoms with Gasteiger partial charge in [-0.1, -0.05) is 0 Å². The molecule has 0 aliphatic carbocycles. The van der Waals surface area contributed by atoms with E-state index < -0.39 is 0 Å². The van der Waals surface area contributed by atoms with Gasteiger partial charge in [-0.15, -0.1) is 0 Å². The monoisotopic (exact) mass is 514 g/mol. The average molecular weight is 513 g/mol. The van der Waals surface area contributed by atoms with E-state index in [-0.39, 0.29) is 19.9 Å². The Hall–Kier alpha value is 0.0895. The van der Waals surface area contributed by atoms with Gasteiger partial charge in [0.1, 0.15) is 0 Å². The third-order valence-corrected chi connectivity index (χ3v) is 4.90. The fourth-order valence-electron chi connectivity index (χ4n) is 1.75. The van der Waals surface area contributed by atoms with Crippen molar-refractivity contribution in [1.82, 2.24) is 0 Å². The summed E-state index contributed by atoms with van der Waals surface area (Å²) >= 11 is 4.52. The van der Waals surface area contributed by atoms with Crippen molar-refractivity contribution < 1.29 is 0 Å². The summed E-state index contributed by atoms with van der Waals surface area (Å²) in [5.41, 5.74) is 0.175. The number of fused-ring (bicyclic) bond motifs is 2. The van der Waals surface area contributed by atoms with Crippen LogP contribution in [0, 0.1) is 0 Å². The van der Waals surface area contributed by atoms with Gasteiger partial charge in [0.2, 0.25) is 0 Å². The van der Waals surface area contributed by atoms with Crippen LogP contribution >= 0.6 is 37.2 Å². The Labute approximate surface area is 128 Å². The topological polar surface area (TPSA) is 17.1 Å². The first-order valence-corrected chi connectivity index (χ1v) is 12.9. The van der Waals surface area contributed by atoms with Crippen LogP contribution in [0.1, 0.15) is 0 Å². The van der Waals surface area contributed by atoms with Crippen LogP contribution in [-0.4, -0.2) is 14.5 Å². The third kappa shape index (κ3) is 2.75. The molecule has 1 nitrogen and oxygen atoms in total. The Balaban J connectivity index is 0.000000514. The molecular weight excluding hydrogens is 505 g/mol. The van der Waals surface area contributed by atoms with Gasteiger partial charge < -0.3 is 0 Å². The summed E-state index contributed by atoms with van der Waals surface area (Å²) in [5.74, 6) is 0. The van der Waals surface area contributed by atoms with Gasteiger partial charge in [-0.25, -0.2) is 0 Å². The Morgan fingerprint density at radius 2 is 1.18 bits per heavy atom. The van der Waals surface area contributed by atoms with E-state index in [1.807, 2.05) is 36.4 Å². The summed E-state index contributed by atoms with van der Waals surface area (Å²) in [5, 5.41) is 1.77. The number of halogens is 2. The summed E-state index contributed by atoms with van der Waals surface area (Å²) in [6.07, 6.45) is 0. The van der Waals surface area contributed by atoms with Crippen LogP contribution in [0.4, 0.5) is 0 Å². The quantitative estimate of drug-likeness (QED) is 0.251. The predicted molar refractivity (Wildman–Crippen MR) is 92.7 cm³/mol. The van der Waals surface area contributed by atoms with E-state index in [1.165, 1.54) is 8.52 Å². The van der Waals surface area contributed by atoms with Crippen molar-refractivity contribution in [3.05, 3.63) is 58.8 Å². The molecule has 0 aliphatic rings. The van der Waals surface area contributed by atoms with Gasteiger partial charge in [0.15, 0.2) is 0 Å². The second kappa shape index (κ2) is 6.31. The van der Waals surface area contributed by atoms with Crippen LogP contribution in [0.15, 0.2) is 53.3 Å². The molecule has 86 valence electrons. The molecule has 2 aromatic carbocycles. The molecule has 0 saturated heterocycles. The van der Waals surface area contributed by atoms with Crippen molar-refractivity contribution in [1.29, 1.82) is 0 Å². The number of hydrogen-bond acceptors (Lipinski definition) is 1. The molecule has 0 atom stereocenters. The molecule has 0 bridgehead atoms. The molecule has 1 heterocycles. The Kier molecular flexibility index (Phi) is 5.02. The molecule has 0 aliphatic heterocycles. The molecule has 0 saturated carbocycles. The van der Waals surface area contributed by atoms with Crippen LogP contribution in [-0.2, 0) is 0 Å². The van der Waals surface area contributed by atoms with Gasteiger partial charge in [-0.2, -0.15) is 0 Å². The van der Waals surface area contributed by atoms with Crippen molar-refractivity contribution >= 4 is 71.0 Å². The van der Waals surface area contributed by atoms with E-state index in [4.69, 9.17) is 0 Å². The van der Waals surface area contributed by atoms with Gasteiger partial charge in [0.25, 0.3) is 0 Å². The summed E-state index contributed by atoms with van der Waals surface area (Å²) in [6.45, 7) is 0. The molecule has 1 aromatic heterocycles. The minimum absolute atomic E-state index is 0.175. The van der Waals surface area contributed by atoms with E-state index in [0.29, 0.717) is 0 Å². The fraction of sp³-hybridized carbons (Fsp3) is 0. The van der Waals surface area contributed by atoms with Crippen molar-refractivity contribution in [2.75, 3.05) is 0 Å².